The second-order valence-corrected chi connectivity index (χ2v) is 4.81. The highest BCUT2D eigenvalue weighted by atomic mass is 16.5. The van der Waals surface area contributed by atoms with Gasteiger partial charge in [0.05, 0.1) is 20.3 Å². The van der Waals surface area contributed by atoms with Crippen molar-refractivity contribution in [1.29, 1.82) is 0 Å². The van der Waals surface area contributed by atoms with E-state index in [2.05, 4.69) is 12.1 Å². The number of hydrogen-bond donors (Lipinski definition) is 1. The first-order valence-electron chi connectivity index (χ1n) is 6.78. The van der Waals surface area contributed by atoms with Crippen molar-refractivity contribution in [3.63, 3.8) is 0 Å². The number of methoxy groups -OCH3 is 1. The van der Waals surface area contributed by atoms with Crippen LogP contribution in [0.5, 0.6) is 5.75 Å². The Hall–Kier alpha value is -1.84. The van der Waals surface area contributed by atoms with Gasteiger partial charge in [0.25, 0.3) is 0 Å². The van der Waals surface area contributed by atoms with Crippen molar-refractivity contribution in [2.24, 2.45) is 5.73 Å². The standard InChI is InChI=1S/C17H21NO2/c1-19-17-9-7-14(8-10-17)11-16(18)13-20-12-15-5-3-2-4-6-15/h2-10,16H,11-13,18H2,1H3. The predicted molar refractivity (Wildman–Crippen MR) is 80.8 cm³/mol. The van der Waals surface area contributed by atoms with Gasteiger partial charge in [0.2, 0.25) is 0 Å². The van der Waals surface area contributed by atoms with Gasteiger partial charge in [0, 0.05) is 6.04 Å². The summed E-state index contributed by atoms with van der Waals surface area (Å²) >= 11 is 0. The molecule has 0 aliphatic rings. The van der Waals surface area contributed by atoms with Crippen LogP contribution in [0, 0.1) is 0 Å². The molecule has 0 aromatic heterocycles. The smallest absolute Gasteiger partial charge is 0.118 e. The lowest BCUT2D eigenvalue weighted by molar-refractivity contribution is 0.108. The molecule has 0 saturated heterocycles. The highest BCUT2D eigenvalue weighted by molar-refractivity contribution is 5.27. The van der Waals surface area contributed by atoms with Gasteiger partial charge in [0.15, 0.2) is 0 Å². The largest absolute Gasteiger partial charge is 0.497 e. The van der Waals surface area contributed by atoms with Crippen molar-refractivity contribution >= 4 is 0 Å². The van der Waals surface area contributed by atoms with Crippen LogP contribution in [-0.2, 0) is 17.8 Å². The summed E-state index contributed by atoms with van der Waals surface area (Å²) in [5, 5.41) is 0. The number of nitrogens with two attached hydrogens (primary N) is 1. The summed E-state index contributed by atoms with van der Waals surface area (Å²) in [5.41, 5.74) is 8.45. The van der Waals surface area contributed by atoms with E-state index < -0.39 is 0 Å². The zero-order valence-corrected chi connectivity index (χ0v) is 11.8. The summed E-state index contributed by atoms with van der Waals surface area (Å²) in [5.74, 6) is 0.864. The molecule has 1 unspecified atom stereocenters. The van der Waals surface area contributed by atoms with Gasteiger partial charge in [-0.05, 0) is 29.7 Å². The van der Waals surface area contributed by atoms with Crippen LogP contribution in [-0.4, -0.2) is 19.8 Å². The molecule has 106 valence electrons. The Morgan fingerprint density at radius 2 is 1.65 bits per heavy atom. The highest BCUT2D eigenvalue weighted by Crippen LogP contribution is 2.12. The van der Waals surface area contributed by atoms with Gasteiger partial charge in [0.1, 0.15) is 5.75 Å². The maximum atomic E-state index is 6.08. The van der Waals surface area contributed by atoms with E-state index in [1.54, 1.807) is 7.11 Å². The SMILES string of the molecule is COc1ccc(CC(N)COCc2ccccc2)cc1. The third-order valence-corrected chi connectivity index (χ3v) is 3.10. The fourth-order valence-corrected chi connectivity index (χ4v) is 2.03. The van der Waals surface area contributed by atoms with E-state index in [1.807, 2.05) is 42.5 Å². The molecule has 0 radical (unpaired) electrons. The van der Waals surface area contributed by atoms with E-state index in [-0.39, 0.29) is 6.04 Å². The average molecular weight is 271 g/mol. The van der Waals surface area contributed by atoms with E-state index >= 15 is 0 Å². The molecular formula is C17H21NO2. The molecule has 0 saturated carbocycles. The first-order chi connectivity index (χ1) is 9.78. The van der Waals surface area contributed by atoms with Crippen molar-refractivity contribution in [2.75, 3.05) is 13.7 Å². The number of ether oxygens (including phenoxy) is 2. The molecule has 2 rings (SSSR count). The van der Waals surface area contributed by atoms with Crippen molar-refractivity contribution in [1.82, 2.24) is 0 Å². The van der Waals surface area contributed by atoms with Gasteiger partial charge in [-0.15, -0.1) is 0 Å². The first kappa shape index (κ1) is 14.6. The van der Waals surface area contributed by atoms with E-state index in [1.165, 1.54) is 11.1 Å². The Labute approximate surface area is 120 Å². The van der Waals surface area contributed by atoms with Crippen LogP contribution in [0.2, 0.25) is 0 Å². The Morgan fingerprint density at radius 3 is 2.30 bits per heavy atom. The van der Waals surface area contributed by atoms with Crippen LogP contribution < -0.4 is 10.5 Å². The molecule has 0 bridgehead atoms. The number of hydrogen-bond acceptors (Lipinski definition) is 3. The van der Waals surface area contributed by atoms with Gasteiger partial charge in [-0.2, -0.15) is 0 Å². The molecule has 0 aliphatic heterocycles. The molecule has 2 N–H and O–H groups in total. The fraction of sp³-hybridized carbons (Fsp3) is 0.294. The summed E-state index contributed by atoms with van der Waals surface area (Å²) < 4.78 is 10.8. The average Bonchev–Trinajstić information content (AvgIpc) is 2.49. The van der Waals surface area contributed by atoms with Crippen LogP contribution in [0.1, 0.15) is 11.1 Å². The fourth-order valence-electron chi connectivity index (χ4n) is 2.03. The van der Waals surface area contributed by atoms with Crippen molar-refractivity contribution < 1.29 is 9.47 Å². The van der Waals surface area contributed by atoms with Gasteiger partial charge in [-0.25, -0.2) is 0 Å². The second kappa shape index (κ2) is 7.68. The third-order valence-electron chi connectivity index (χ3n) is 3.10. The topological polar surface area (TPSA) is 44.5 Å². The van der Waals surface area contributed by atoms with Crippen LogP contribution in [0.25, 0.3) is 0 Å². The van der Waals surface area contributed by atoms with Crippen LogP contribution >= 0.6 is 0 Å². The van der Waals surface area contributed by atoms with Gasteiger partial charge < -0.3 is 15.2 Å². The molecule has 2 aromatic carbocycles. The molecule has 20 heavy (non-hydrogen) atoms. The Morgan fingerprint density at radius 1 is 0.950 bits per heavy atom. The zero-order valence-electron chi connectivity index (χ0n) is 11.8. The molecule has 1 atom stereocenters. The third kappa shape index (κ3) is 4.68. The zero-order chi connectivity index (χ0) is 14.2. The van der Waals surface area contributed by atoms with Crippen molar-refractivity contribution in [3.8, 4) is 5.75 Å². The summed E-state index contributed by atoms with van der Waals surface area (Å²) in [6.07, 6.45) is 0.804. The maximum absolute atomic E-state index is 6.08. The molecule has 3 nitrogen and oxygen atoms in total. The minimum absolute atomic E-state index is 0.00658. The number of rotatable bonds is 7. The molecule has 3 heteroatoms. The summed E-state index contributed by atoms with van der Waals surface area (Å²) in [6, 6.07) is 18.1. The minimum Gasteiger partial charge on any atom is -0.497 e. The molecule has 0 aliphatic carbocycles. The second-order valence-electron chi connectivity index (χ2n) is 4.81. The lowest BCUT2D eigenvalue weighted by Gasteiger charge is -2.12. The molecule has 0 fully saturated rings. The lowest BCUT2D eigenvalue weighted by atomic mass is 10.1. The van der Waals surface area contributed by atoms with Gasteiger partial charge >= 0.3 is 0 Å². The first-order valence-corrected chi connectivity index (χ1v) is 6.78. The highest BCUT2D eigenvalue weighted by Gasteiger charge is 2.05. The monoisotopic (exact) mass is 271 g/mol. The Balaban J connectivity index is 1.73. The Bertz CT molecular complexity index is 496. The van der Waals surface area contributed by atoms with Crippen LogP contribution in [0.15, 0.2) is 54.6 Å². The van der Waals surface area contributed by atoms with E-state index in [4.69, 9.17) is 15.2 Å². The van der Waals surface area contributed by atoms with Crippen molar-refractivity contribution in [3.05, 3.63) is 65.7 Å². The Kier molecular flexibility index (Phi) is 5.59. The van der Waals surface area contributed by atoms with Crippen LogP contribution in [0.4, 0.5) is 0 Å². The molecule has 2 aromatic rings. The molecule has 0 heterocycles. The molecule has 0 amide bonds. The van der Waals surface area contributed by atoms with Crippen LogP contribution in [0.3, 0.4) is 0 Å². The van der Waals surface area contributed by atoms with E-state index in [0.717, 1.165) is 12.2 Å². The van der Waals surface area contributed by atoms with Crippen molar-refractivity contribution in [2.45, 2.75) is 19.1 Å². The normalized spacial score (nSPS) is 12.1. The summed E-state index contributed by atoms with van der Waals surface area (Å²) in [4.78, 5) is 0. The van der Waals surface area contributed by atoms with Gasteiger partial charge in [-0.1, -0.05) is 42.5 Å². The lowest BCUT2D eigenvalue weighted by Crippen LogP contribution is -2.28. The quantitative estimate of drug-likeness (QED) is 0.842. The predicted octanol–water partition coefficient (Wildman–Crippen LogP) is 2.78. The summed E-state index contributed by atoms with van der Waals surface area (Å²) in [7, 11) is 1.66. The molecular weight excluding hydrogens is 250 g/mol. The van der Waals surface area contributed by atoms with Gasteiger partial charge in [-0.3, -0.25) is 0 Å². The van der Waals surface area contributed by atoms with E-state index in [9.17, 15) is 0 Å². The number of benzene rings is 2. The summed E-state index contributed by atoms with van der Waals surface area (Å²) in [6.45, 7) is 1.16. The minimum atomic E-state index is 0.00658. The molecule has 0 spiro atoms. The maximum Gasteiger partial charge on any atom is 0.118 e. The van der Waals surface area contributed by atoms with E-state index in [0.29, 0.717) is 13.2 Å².